The highest BCUT2D eigenvalue weighted by molar-refractivity contribution is 14.0. The van der Waals surface area contributed by atoms with Gasteiger partial charge in [-0.1, -0.05) is 19.9 Å². The monoisotopic (exact) mass is 554 g/mol. The summed E-state index contributed by atoms with van der Waals surface area (Å²) in [6, 6.07) is 5.74. The molecule has 0 aliphatic carbocycles. The number of likely N-dealkylation sites (N-methyl/N-ethyl adjacent to an activating group) is 1. The Morgan fingerprint density at radius 1 is 1.27 bits per heavy atom. The van der Waals surface area contributed by atoms with Crippen molar-refractivity contribution in [3.05, 3.63) is 23.8 Å². The Morgan fingerprint density at radius 2 is 2.00 bits per heavy atom. The summed E-state index contributed by atoms with van der Waals surface area (Å²) in [6.07, 6.45) is 0.608. The molecular weight excluding hydrogens is 519 g/mol. The first-order chi connectivity index (χ1) is 13.9. The third-order valence-electron chi connectivity index (χ3n) is 5.04. The van der Waals surface area contributed by atoms with Crippen LogP contribution in [0, 0.1) is 0 Å². The first-order valence-corrected chi connectivity index (χ1v) is 11.9. The van der Waals surface area contributed by atoms with Crippen molar-refractivity contribution in [3.63, 3.8) is 0 Å². The van der Waals surface area contributed by atoms with E-state index in [1.54, 1.807) is 14.2 Å². The quantitative estimate of drug-likeness (QED) is 0.259. The number of guanidine groups is 1. The maximum atomic E-state index is 11.6. The second-order valence-electron chi connectivity index (χ2n) is 7.03. The predicted octanol–water partition coefficient (Wildman–Crippen LogP) is 1.89. The van der Waals surface area contributed by atoms with Gasteiger partial charge in [0.1, 0.15) is 6.61 Å². The summed E-state index contributed by atoms with van der Waals surface area (Å²) < 4.78 is 34.6. The Morgan fingerprint density at radius 3 is 2.57 bits per heavy atom. The van der Waals surface area contributed by atoms with E-state index in [4.69, 9.17) is 9.47 Å². The van der Waals surface area contributed by atoms with Gasteiger partial charge in [0.05, 0.1) is 18.6 Å². The summed E-state index contributed by atoms with van der Waals surface area (Å²) in [4.78, 5) is 6.49. The fourth-order valence-corrected chi connectivity index (χ4v) is 4.92. The van der Waals surface area contributed by atoms with Gasteiger partial charge in [-0.15, -0.1) is 24.0 Å². The van der Waals surface area contributed by atoms with Crippen LogP contribution in [0.1, 0.15) is 25.8 Å². The number of nitrogens with zero attached hydrogens (tertiary/aromatic N) is 2. The van der Waals surface area contributed by atoms with Gasteiger partial charge >= 0.3 is 0 Å². The normalized spacial score (nSPS) is 18.0. The number of rotatable bonds is 10. The molecule has 0 spiro atoms. The van der Waals surface area contributed by atoms with E-state index in [2.05, 4.69) is 34.4 Å². The molecule has 2 N–H and O–H groups in total. The van der Waals surface area contributed by atoms with Gasteiger partial charge < -0.3 is 25.0 Å². The average Bonchev–Trinajstić information content (AvgIpc) is 3.07. The number of aliphatic imine (C=N–C) groups is 1. The summed E-state index contributed by atoms with van der Waals surface area (Å²) in [5, 5.41) is 6.41. The van der Waals surface area contributed by atoms with Crippen molar-refractivity contribution >= 4 is 39.8 Å². The van der Waals surface area contributed by atoms with Crippen LogP contribution < -0.4 is 20.1 Å². The standard InChI is InChI=1S/C20H34N4O4S.HI/c1-5-24(6-2)10-11-28-18-8-7-16(13-19(18)27-4)14-22-20(21-3)23-17-9-12-29(25,26)15-17;/h7-8,13,17H,5-6,9-12,14-15H2,1-4H3,(H2,21,22,23);1H. The lowest BCUT2D eigenvalue weighted by atomic mass is 10.2. The van der Waals surface area contributed by atoms with Crippen LogP contribution in [0.25, 0.3) is 0 Å². The van der Waals surface area contributed by atoms with E-state index in [1.165, 1.54) is 0 Å². The Hall–Kier alpha value is -1.27. The second-order valence-corrected chi connectivity index (χ2v) is 9.26. The molecule has 1 saturated heterocycles. The number of halogens is 1. The molecule has 1 aliphatic rings. The van der Waals surface area contributed by atoms with E-state index in [0.717, 1.165) is 30.9 Å². The molecule has 0 bridgehead atoms. The number of benzene rings is 1. The zero-order valence-corrected chi connectivity index (χ0v) is 21.5. The molecule has 1 unspecified atom stereocenters. The molecular formula is C20H35IN4O4S. The SMILES string of the molecule is CCN(CC)CCOc1ccc(CNC(=NC)NC2CCS(=O)(=O)C2)cc1OC.I. The summed E-state index contributed by atoms with van der Waals surface area (Å²) in [5.41, 5.74) is 1.01. The smallest absolute Gasteiger partial charge is 0.191 e. The molecule has 1 heterocycles. The first kappa shape index (κ1) is 26.8. The van der Waals surface area contributed by atoms with Crippen molar-refractivity contribution in [2.75, 3.05) is 51.9 Å². The maximum absolute atomic E-state index is 11.6. The van der Waals surface area contributed by atoms with Crippen LogP contribution in [0.3, 0.4) is 0 Å². The highest BCUT2D eigenvalue weighted by Gasteiger charge is 2.28. The van der Waals surface area contributed by atoms with Crippen molar-refractivity contribution in [2.24, 2.45) is 4.99 Å². The van der Waals surface area contributed by atoms with E-state index in [9.17, 15) is 8.42 Å². The highest BCUT2D eigenvalue weighted by Crippen LogP contribution is 2.28. The molecule has 0 saturated carbocycles. The van der Waals surface area contributed by atoms with Crippen molar-refractivity contribution in [2.45, 2.75) is 32.9 Å². The minimum atomic E-state index is -2.93. The zero-order chi connectivity index (χ0) is 21.3. The minimum Gasteiger partial charge on any atom is -0.493 e. The lowest BCUT2D eigenvalue weighted by Gasteiger charge is -2.19. The number of methoxy groups -OCH3 is 1. The summed E-state index contributed by atoms with van der Waals surface area (Å²) in [7, 11) is 0.377. The lowest BCUT2D eigenvalue weighted by Crippen LogP contribution is -2.43. The van der Waals surface area contributed by atoms with Gasteiger partial charge in [0.25, 0.3) is 0 Å². The fraction of sp³-hybridized carbons (Fsp3) is 0.650. The number of hydrogen-bond acceptors (Lipinski definition) is 6. The highest BCUT2D eigenvalue weighted by atomic mass is 127. The molecule has 0 radical (unpaired) electrons. The van der Waals surface area contributed by atoms with Gasteiger partial charge in [0.15, 0.2) is 27.3 Å². The van der Waals surface area contributed by atoms with E-state index in [1.807, 2.05) is 18.2 Å². The van der Waals surface area contributed by atoms with Crippen LogP contribution in [0.4, 0.5) is 0 Å². The van der Waals surface area contributed by atoms with E-state index < -0.39 is 9.84 Å². The molecule has 0 amide bonds. The van der Waals surface area contributed by atoms with Crippen LogP contribution in [0.15, 0.2) is 23.2 Å². The maximum Gasteiger partial charge on any atom is 0.191 e. The Kier molecular flexibility index (Phi) is 11.8. The summed E-state index contributed by atoms with van der Waals surface area (Å²) in [5.74, 6) is 2.39. The molecule has 30 heavy (non-hydrogen) atoms. The average molecular weight is 554 g/mol. The molecule has 172 valence electrons. The molecule has 8 nitrogen and oxygen atoms in total. The van der Waals surface area contributed by atoms with Crippen molar-refractivity contribution in [3.8, 4) is 11.5 Å². The van der Waals surface area contributed by atoms with E-state index >= 15 is 0 Å². The molecule has 2 rings (SSSR count). The van der Waals surface area contributed by atoms with Gasteiger partial charge in [-0.25, -0.2) is 8.42 Å². The number of nitrogens with one attached hydrogen (secondary N) is 2. The molecule has 0 aromatic heterocycles. The second kappa shape index (κ2) is 13.2. The summed E-state index contributed by atoms with van der Waals surface area (Å²) in [6.45, 7) is 8.30. The van der Waals surface area contributed by atoms with Gasteiger partial charge in [-0.2, -0.15) is 0 Å². The van der Waals surface area contributed by atoms with Gasteiger partial charge in [0.2, 0.25) is 0 Å². The third kappa shape index (κ3) is 8.46. The van der Waals surface area contributed by atoms with Crippen molar-refractivity contribution < 1.29 is 17.9 Å². The number of ether oxygens (including phenoxy) is 2. The van der Waals surface area contributed by atoms with Crippen LogP contribution in [0.5, 0.6) is 11.5 Å². The van der Waals surface area contributed by atoms with Crippen molar-refractivity contribution in [1.29, 1.82) is 0 Å². The third-order valence-corrected chi connectivity index (χ3v) is 6.81. The molecule has 1 aromatic rings. The molecule has 1 atom stereocenters. The van der Waals surface area contributed by atoms with E-state index in [-0.39, 0.29) is 41.5 Å². The van der Waals surface area contributed by atoms with Crippen LogP contribution in [-0.2, 0) is 16.4 Å². The first-order valence-electron chi connectivity index (χ1n) is 10.1. The summed E-state index contributed by atoms with van der Waals surface area (Å²) >= 11 is 0. The van der Waals surface area contributed by atoms with Gasteiger partial charge in [0, 0.05) is 26.2 Å². The lowest BCUT2D eigenvalue weighted by molar-refractivity contribution is 0.217. The number of hydrogen-bond donors (Lipinski definition) is 2. The Bertz CT molecular complexity index is 785. The zero-order valence-electron chi connectivity index (χ0n) is 18.3. The van der Waals surface area contributed by atoms with Crippen LogP contribution in [-0.4, -0.2) is 77.2 Å². The van der Waals surface area contributed by atoms with Crippen LogP contribution >= 0.6 is 24.0 Å². The molecule has 1 aromatic carbocycles. The predicted molar refractivity (Wildman–Crippen MR) is 132 cm³/mol. The number of sulfone groups is 1. The van der Waals surface area contributed by atoms with Gasteiger partial charge in [-0.3, -0.25) is 4.99 Å². The van der Waals surface area contributed by atoms with E-state index in [0.29, 0.717) is 31.3 Å². The minimum absolute atomic E-state index is 0. The fourth-order valence-electron chi connectivity index (χ4n) is 3.25. The molecule has 10 heteroatoms. The Labute approximate surface area is 197 Å². The molecule has 1 fully saturated rings. The largest absolute Gasteiger partial charge is 0.493 e. The molecule has 1 aliphatic heterocycles. The Balaban J connectivity index is 0.00000450. The topological polar surface area (TPSA) is 92.3 Å². The van der Waals surface area contributed by atoms with Crippen molar-refractivity contribution in [1.82, 2.24) is 15.5 Å². The van der Waals surface area contributed by atoms with Crippen LogP contribution in [0.2, 0.25) is 0 Å². The van der Waals surface area contributed by atoms with Gasteiger partial charge in [-0.05, 0) is 37.2 Å².